The molecule has 1 heterocycles. The molecule has 0 bridgehead atoms. The lowest BCUT2D eigenvalue weighted by atomic mass is 9.73. The van der Waals surface area contributed by atoms with Gasteiger partial charge in [-0.2, -0.15) is 0 Å². The molecule has 1 saturated carbocycles. The van der Waals surface area contributed by atoms with Crippen molar-refractivity contribution in [3.05, 3.63) is 33.3 Å². The summed E-state index contributed by atoms with van der Waals surface area (Å²) in [6, 6.07) is 5.58. The van der Waals surface area contributed by atoms with E-state index in [2.05, 4.69) is 21.2 Å². The van der Waals surface area contributed by atoms with Gasteiger partial charge in [-0.3, -0.25) is 14.9 Å². The van der Waals surface area contributed by atoms with E-state index in [0.29, 0.717) is 17.4 Å². The second-order valence-corrected chi connectivity index (χ2v) is 7.25. The number of rotatable bonds is 2. The molecule has 1 aromatic carbocycles. The van der Waals surface area contributed by atoms with Crippen LogP contribution in [-0.4, -0.2) is 11.8 Å². The summed E-state index contributed by atoms with van der Waals surface area (Å²) in [6.07, 6.45) is 4.84. The minimum absolute atomic E-state index is 0.0811. The number of carbonyl (C=O) groups excluding carboxylic acids is 2. The fraction of sp³-hybridized carbons (Fsp3) is 0.500. The highest BCUT2D eigenvalue weighted by Crippen LogP contribution is 2.44. The Morgan fingerprint density at radius 2 is 1.90 bits per heavy atom. The maximum atomic E-state index is 12.4. The molecule has 1 saturated heterocycles. The van der Waals surface area contributed by atoms with E-state index in [1.807, 2.05) is 18.2 Å². The lowest BCUT2D eigenvalue weighted by Crippen LogP contribution is -2.47. The van der Waals surface area contributed by atoms with E-state index in [1.165, 1.54) is 12.8 Å². The molecular weight excluding hydrogens is 354 g/mol. The van der Waals surface area contributed by atoms with Gasteiger partial charge in [-0.25, -0.2) is 0 Å². The van der Waals surface area contributed by atoms with Crippen LogP contribution in [0.4, 0.5) is 0 Å². The zero-order valence-electron chi connectivity index (χ0n) is 11.6. The summed E-state index contributed by atoms with van der Waals surface area (Å²) in [5.74, 6) is -0.141. The Labute approximate surface area is 137 Å². The normalized spacial score (nSPS) is 27.0. The minimum atomic E-state index is -0.189. The molecule has 1 N–H and O–H groups in total. The number of benzene rings is 1. The molecule has 5 heteroatoms. The zero-order chi connectivity index (χ0) is 15.0. The highest BCUT2D eigenvalue weighted by molar-refractivity contribution is 9.10. The third-order valence-electron chi connectivity index (χ3n) is 4.67. The summed E-state index contributed by atoms with van der Waals surface area (Å²) < 4.78 is 0.919. The standard InChI is InChI=1S/C16H17BrClNO2/c17-13-6-5-10(18)7-11(13)12-8-14(20)19-16(21)15(12)9-3-1-2-4-9/h5-7,9,12,15H,1-4,8H2,(H,19,20,21). The maximum absolute atomic E-state index is 12.4. The SMILES string of the molecule is O=C1CC(c2cc(Cl)ccc2Br)C(C2CCCC2)C(=O)N1. The molecule has 3 nitrogen and oxygen atoms in total. The van der Waals surface area contributed by atoms with E-state index < -0.39 is 0 Å². The van der Waals surface area contributed by atoms with Crippen molar-refractivity contribution < 1.29 is 9.59 Å². The van der Waals surface area contributed by atoms with Crippen LogP contribution >= 0.6 is 27.5 Å². The second kappa shape index (κ2) is 6.09. The predicted octanol–water partition coefficient (Wildman–Crippen LogP) is 4.04. The molecule has 0 spiro atoms. The van der Waals surface area contributed by atoms with E-state index in [1.54, 1.807) is 0 Å². The number of hydrogen-bond acceptors (Lipinski definition) is 2. The van der Waals surface area contributed by atoms with Crippen molar-refractivity contribution in [1.29, 1.82) is 0 Å². The molecule has 2 amide bonds. The minimum Gasteiger partial charge on any atom is -0.296 e. The fourth-order valence-electron chi connectivity index (χ4n) is 3.74. The van der Waals surface area contributed by atoms with Gasteiger partial charge in [0.05, 0.1) is 0 Å². The van der Waals surface area contributed by atoms with Crippen molar-refractivity contribution in [1.82, 2.24) is 5.32 Å². The molecule has 0 radical (unpaired) electrons. The topological polar surface area (TPSA) is 46.2 Å². The molecule has 2 unspecified atom stereocenters. The van der Waals surface area contributed by atoms with E-state index in [-0.39, 0.29) is 23.7 Å². The first-order chi connectivity index (χ1) is 10.1. The molecule has 112 valence electrons. The Morgan fingerprint density at radius 1 is 1.19 bits per heavy atom. The van der Waals surface area contributed by atoms with Crippen LogP contribution in [0, 0.1) is 11.8 Å². The van der Waals surface area contributed by atoms with E-state index >= 15 is 0 Å². The first kappa shape index (κ1) is 15.0. The number of hydrogen-bond donors (Lipinski definition) is 1. The van der Waals surface area contributed by atoms with Crippen LogP contribution in [0.25, 0.3) is 0 Å². The van der Waals surface area contributed by atoms with Gasteiger partial charge in [0.1, 0.15) is 0 Å². The van der Waals surface area contributed by atoms with Crippen molar-refractivity contribution in [2.75, 3.05) is 0 Å². The lowest BCUT2D eigenvalue weighted by Gasteiger charge is -2.34. The van der Waals surface area contributed by atoms with Crippen molar-refractivity contribution in [2.24, 2.45) is 11.8 Å². The van der Waals surface area contributed by atoms with Gasteiger partial charge in [0, 0.05) is 27.8 Å². The van der Waals surface area contributed by atoms with Crippen molar-refractivity contribution in [3.63, 3.8) is 0 Å². The Balaban J connectivity index is 2.00. The third kappa shape index (κ3) is 3.02. The average molecular weight is 371 g/mol. The van der Waals surface area contributed by atoms with Crippen molar-refractivity contribution in [3.8, 4) is 0 Å². The number of imide groups is 1. The quantitative estimate of drug-likeness (QED) is 0.799. The number of carbonyl (C=O) groups is 2. The number of amides is 2. The van der Waals surface area contributed by atoms with Gasteiger partial charge in [0.15, 0.2) is 0 Å². The van der Waals surface area contributed by atoms with E-state index in [4.69, 9.17) is 11.6 Å². The van der Waals surface area contributed by atoms with Gasteiger partial charge >= 0.3 is 0 Å². The fourth-order valence-corrected chi connectivity index (χ4v) is 4.46. The predicted molar refractivity (Wildman–Crippen MR) is 85.1 cm³/mol. The monoisotopic (exact) mass is 369 g/mol. The highest BCUT2D eigenvalue weighted by atomic mass is 79.9. The number of halogens is 2. The summed E-state index contributed by atoms with van der Waals surface area (Å²) in [7, 11) is 0. The van der Waals surface area contributed by atoms with Gasteiger partial charge in [0.2, 0.25) is 11.8 Å². The van der Waals surface area contributed by atoms with Gasteiger partial charge in [-0.1, -0.05) is 40.4 Å². The molecule has 1 aliphatic carbocycles. The Kier molecular flexibility index (Phi) is 4.36. The Bertz CT molecular complexity index is 584. The molecule has 2 aliphatic rings. The average Bonchev–Trinajstić information content (AvgIpc) is 2.94. The van der Waals surface area contributed by atoms with Crippen molar-refractivity contribution >= 4 is 39.3 Å². The lowest BCUT2D eigenvalue weighted by molar-refractivity contribution is -0.138. The summed E-state index contributed by atoms with van der Waals surface area (Å²) in [5.41, 5.74) is 0.975. The molecule has 3 rings (SSSR count). The van der Waals surface area contributed by atoms with Crippen LogP contribution in [0.15, 0.2) is 22.7 Å². The molecule has 1 aromatic rings. The van der Waals surface area contributed by atoms with E-state index in [0.717, 1.165) is 22.9 Å². The summed E-state index contributed by atoms with van der Waals surface area (Å²) in [6.45, 7) is 0. The van der Waals surface area contributed by atoms with Crippen LogP contribution in [-0.2, 0) is 9.59 Å². The van der Waals surface area contributed by atoms with Gasteiger partial charge in [-0.15, -0.1) is 0 Å². The summed E-state index contributed by atoms with van der Waals surface area (Å²) in [5, 5.41) is 3.15. The zero-order valence-corrected chi connectivity index (χ0v) is 13.9. The van der Waals surface area contributed by atoms with Crippen LogP contribution in [0.5, 0.6) is 0 Å². The van der Waals surface area contributed by atoms with Crippen LogP contribution in [0.2, 0.25) is 5.02 Å². The van der Waals surface area contributed by atoms with Gasteiger partial charge in [0.25, 0.3) is 0 Å². The van der Waals surface area contributed by atoms with Crippen LogP contribution < -0.4 is 5.32 Å². The first-order valence-electron chi connectivity index (χ1n) is 7.35. The molecule has 0 aromatic heterocycles. The number of piperidine rings is 1. The molecule has 1 aliphatic heterocycles. The molecular formula is C16H17BrClNO2. The van der Waals surface area contributed by atoms with Crippen LogP contribution in [0.1, 0.15) is 43.6 Å². The first-order valence-corrected chi connectivity index (χ1v) is 8.52. The molecule has 2 atom stereocenters. The smallest absolute Gasteiger partial charge is 0.230 e. The summed E-state index contributed by atoms with van der Waals surface area (Å²) in [4.78, 5) is 24.2. The number of nitrogens with one attached hydrogen (secondary N) is 1. The van der Waals surface area contributed by atoms with Crippen molar-refractivity contribution in [2.45, 2.75) is 38.0 Å². The molecule has 2 fully saturated rings. The Hall–Kier alpha value is -0.870. The van der Waals surface area contributed by atoms with E-state index in [9.17, 15) is 9.59 Å². The maximum Gasteiger partial charge on any atom is 0.230 e. The third-order valence-corrected chi connectivity index (χ3v) is 5.63. The second-order valence-electron chi connectivity index (χ2n) is 5.96. The van der Waals surface area contributed by atoms with Gasteiger partial charge < -0.3 is 0 Å². The highest BCUT2D eigenvalue weighted by Gasteiger charge is 2.42. The van der Waals surface area contributed by atoms with Gasteiger partial charge in [-0.05, 0) is 42.5 Å². The summed E-state index contributed by atoms with van der Waals surface area (Å²) >= 11 is 9.65. The Morgan fingerprint density at radius 3 is 2.62 bits per heavy atom. The largest absolute Gasteiger partial charge is 0.296 e. The van der Waals surface area contributed by atoms with Crippen LogP contribution in [0.3, 0.4) is 0 Å². The molecule has 21 heavy (non-hydrogen) atoms.